The first-order chi connectivity index (χ1) is 6.02. The Hall–Kier alpha value is 0. The van der Waals surface area contributed by atoms with Crippen LogP contribution in [0.25, 0.3) is 0 Å². The highest BCUT2D eigenvalue weighted by molar-refractivity contribution is 4.76. The van der Waals surface area contributed by atoms with Gasteiger partial charge < -0.3 is 0 Å². The van der Waals surface area contributed by atoms with E-state index in [0.29, 0.717) is 5.41 Å². The van der Waals surface area contributed by atoms with E-state index in [0.717, 1.165) is 5.92 Å². The summed E-state index contributed by atoms with van der Waals surface area (Å²) in [5.74, 6) is 0.980. The number of hydrogen-bond acceptors (Lipinski definition) is 0. The molecule has 80 valence electrons. The molecule has 0 spiro atoms. The van der Waals surface area contributed by atoms with Crippen molar-refractivity contribution >= 4 is 0 Å². The third kappa shape index (κ3) is 7.10. The molecular formula is C13H28. The molecule has 0 saturated heterocycles. The zero-order chi connectivity index (χ0) is 10.3. The fraction of sp³-hybridized carbons (Fsp3) is 1.00. The Labute approximate surface area is 85.1 Å². The molecule has 0 aromatic carbocycles. The van der Waals surface area contributed by atoms with Gasteiger partial charge in [-0.3, -0.25) is 0 Å². The molecule has 13 heavy (non-hydrogen) atoms. The summed E-state index contributed by atoms with van der Waals surface area (Å²) in [6.45, 7) is 11.5. The van der Waals surface area contributed by atoms with Gasteiger partial charge in [-0.15, -0.1) is 0 Å². The summed E-state index contributed by atoms with van der Waals surface area (Å²) in [5, 5.41) is 0. The normalized spacial score (nSPS) is 26.1. The largest absolute Gasteiger partial charge is 0.0654 e. The summed E-state index contributed by atoms with van der Waals surface area (Å²) < 4.78 is 0. The predicted octanol–water partition coefficient (Wildman–Crippen LogP) is 5.03. The van der Waals surface area contributed by atoms with Crippen LogP contribution in [0.1, 0.15) is 73.1 Å². The summed E-state index contributed by atoms with van der Waals surface area (Å²) in [7, 11) is 0. The highest BCUT2D eigenvalue weighted by Gasteiger charge is 2.24. The Kier molecular flexibility index (Phi) is 6.45. The topological polar surface area (TPSA) is 0 Å². The fourth-order valence-corrected chi connectivity index (χ4v) is 2.08. The Morgan fingerprint density at radius 1 is 1.15 bits per heavy atom. The van der Waals surface area contributed by atoms with E-state index in [1.807, 2.05) is 0 Å². The van der Waals surface area contributed by atoms with Gasteiger partial charge in [0.05, 0.1) is 0 Å². The van der Waals surface area contributed by atoms with Crippen LogP contribution < -0.4 is 0 Å². The monoisotopic (exact) mass is 184 g/mol. The van der Waals surface area contributed by atoms with Crippen LogP contribution in [0.2, 0.25) is 0 Å². The molecule has 0 bridgehead atoms. The minimum absolute atomic E-state index is 0.650. The van der Waals surface area contributed by atoms with Gasteiger partial charge in [0, 0.05) is 0 Å². The van der Waals surface area contributed by atoms with Crippen molar-refractivity contribution < 1.29 is 0 Å². The van der Waals surface area contributed by atoms with Crippen molar-refractivity contribution in [3.8, 4) is 0 Å². The minimum atomic E-state index is 0.650. The molecule has 0 heterocycles. The standard InChI is InChI=1S/C9H18.C4H10/c1-8-5-4-6-9(2,3)7-8;1-3-4-2/h8H,4-7H2,1-3H3;3-4H2,1-2H3. The Morgan fingerprint density at radius 3 is 1.92 bits per heavy atom. The van der Waals surface area contributed by atoms with E-state index in [1.54, 1.807) is 0 Å². The molecule has 0 heteroatoms. The van der Waals surface area contributed by atoms with Gasteiger partial charge in [-0.25, -0.2) is 0 Å². The molecule has 1 aliphatic carbocycles. The Bertz CT molecular complexity index is 111. The molecule has 0 aromatic heterocycles. The van der Waals surface area contributed by atoms with Gasteiger partial charge in [0.1, 0.15) is 0 Å². The molecule has 0 N–H and O–H groups in total. The molecule has 1 atom stereocenters. The number of rotatable bonds is 1. The molecule has 0 radical (unpaired) electrons. The van der Waals surface area contributed by atoms with E-state index >= 15 is 0 Å². The van der Waals surface area contributed by atoms with Crippen LogP contribution in [0.5, 0.6) is 0 Å². The first-order valence-electron chi connectivity index (χ1n) is 6.02. The first kappa shape index (κ1) is 13.0. The van der Waals surface area contributed by atoms with Crippen LogP contribution in [0, 0.1) is 11.3 Å². The second kappa shape index (κ2) is 6.45. The quantitative estimate of drug-likeness (QED) is 0.536. The third-order valence-electron chi connectivity index (χ3n) is 2.95. The lowest BCUT2D eigenvalue weighted by Gasteiger charge is -2.33. The van der Waals surface area contributed by atoms with Crippen molar-refractivity contribution in [2.24, 2.45) is 11.3 Å². The molecule has 1 aliphatic rings. The summed E-state index contributed by atoms with van der Waals surface area (Å²) in [4.78, 5) is 0. The maximum Gasteiger partial charge on any atom is -0.0352 e. The third-order valence-corrected chi connectivity index (χ3v) is 2.95. The minimum Gasteiger partial charge on any atom is -0.0654 e. The van der Waals surface area contributed by atoms with Crippen molar-refractivity contribution in [1.82, 2.24) is 0 Å². The van der Waals surface area contributed by atoms with Gasteiger partial charge in [-0.05, 0) is 24.2 Å². The van der Waals surface area contributed by atoms with Crippen LogP contribution in [0.3, 0.4) is 0 Å². The smallest absolute Gasteiger partial charge is 0.0352 e. The lowest BCUT2D eigenvalue weighted by Crippen LogP contribution is -2.20. The van der Waals surface area contributed by atoms with Crippen molar-refractivity contribution in [3.05, 3.63) is 0 Å². The van der Waals surface area contributed by atoms with Crippen LogP contribution in [0.15, 0.2) is 0 Å². The summed E-state index contributed by atoms with van der Waals surface area (Å²) in [6.07, 6.45) is 8.43. The molecular weight excluding hydrogens is 156 g/mol. The molecule has 1 unspecified atom stereocenters. The Balaban J connectivity index is 0.000000310. The second-order valence-corrected chi connectivity index (χ2v) is 5.37. The van der Waals surface area contributed by atoms with E-state index < -0.39 is 0 Å². The highest BCUT2D eigenvalue weighted by atomic mass is 14.3. The summed E-state index contributed by atoms with van der Waals surface area (Å²) >= 11 is 0. The maximum atomic E-state index is 2.39. The Morgan fingerprint density at radius 2 is 1.69 bits per heavy atom. The zero-order valence-electron chi connectivity index (χ0n) is 10.3. The van der Waals surface area contributed by atoms with Gasteiger partial charge >= 0.3 is 0 Å². The van der Waals surface area contributed by atoms with Crippen LogP contribution >= 0.6 is 0 Å². The lowest BCUT2D eigenvalue weighted by molar-refractivity contribution is 0.191. The SMILES string of the molecule is CC1CCCC(C)(C)C1.CCCC. The summed E-state index contributed by atoms with van der Waals surface area (Å²) in [6, 6.07) is 0. The summed E-state index contributed by atoms with van der Waals surface area (Å²) in [5.41, 5.74) is 0.650. The van der Waals surface area contributed by atoms with Gasteiger partial charge in [-0.2, -0.15) is 0 Å². The van der Waals surface area contributed by atoms with E-state index in [-0.39, 0.29) is 0 Å². The first-order valence-corrected chi connectivity index (χ1v) is 6.02. The van der Waals surface area contributed by atoms with Crippen LogP contribution in [-0.4, -0.2) is 0 Å². The predicted molar refractivity (Wildman–Crippen MR) is 62.0 cm³/mol. The fourth-order valence-electron chi connectivity index (χ4n) is 2.08. The maximum absolute atomic E-state index is 2.39. The molecule has 0 aromatic rings. The molecule has 0 nitrogen and oxygen atoms in total. The number of unbranched alkanes of at least 4 members (excludes halogenated alkanes) is 1. The molecule has 0 aliphatic heterocycles. The average molecular weight is 184 g/mol. The van der Waals surface area contributed by atoms with E-state index in [4.69, 9.17) is 0 Å². The highest BCUT2D eigenvalue weighted by Crippen LogP contribution is 2.37. The lowest BCUT2D eigenvalue weighted by atomic mass is 9.73. The molecule has 1 rings (SSSR count). The second-order valence-electron chi connectivity index (χ2n) is 5.37. The van der Waals surface area contributed by atoms with Crippen molar-refractivity contribution in [2.75, 3.05) is 0 Å². The van der Waals surface area contributed by atoms with Crippen molar-refractivity contribution in [3.63, 3.8) is 0 Å². The van der Waals surface area contributed by atoms with E-state index in [1.165, 1.54) is 38.5 Å². The zero-order valence-corrected chi connectivity index (χ0v) is 10.3. The van der Waals surface area contributed by atoms with Gasteiger partial charge in [0.2, 0.25) is 0 Å². The van der Waals surface area contributed by atoms with Crippen molar-refractivity contribution in [1.29, 1.82) is 0 Å². The molecule has 0 amide bonds. The van der Waals surface area contributed by atoms with E-state index in [2.05, 4.69) is 34.6 Å². The van der Waals surface area contributed by atoms with Crippen molar-refractivity contribution in [2.45, 2.75) is 73.1 Å². The molecule has 1 saturated carbocycles. The van der Waals surface area contributed by atoms with Crippen LogP contribution in [-0.2, 0) is 0 Å². The van der Waals surface area contributed by atoms with Gasteiger partial charge in [0.15, 0.2) is 0 Å². The van der Waals surface area contributed by atoms with Gasteiger partial charge in [-0.1, -0.05) is 60.3 Å². The molecule has 1 fully saturated rings. The van der Waals surface area contributed by atoms with Gasteiger partial charge in [0.25, 0.3) is 0 Å². The number of hydrogen-bond donors (Lipinski definition) is 0. The average Bonchev–Trinajstić information content (AvgIpc) is 2.02. The van der Waals surface area contributed by atoms with Crippen LogP contribution in [0.4, 0.5) is 0 Å². The van der Waals surface area contributed by atoms with E-state index in [9.17, 15) is 0 Å².